The number of rotatable bonds is 4. The Balaban J connectivity index is 1.51. The van der Waals surface area contributed by atoms with Gasteiger partial charge in [0.1, 0.15) is 11.3 Å². The molecule has 0 saturated carbocycles. The second-order valence-corrected chi connectivity index (χ2v) is 7.15. The topological polar surface area (TPSA) is 61.5 Å². The molecule has 1 atom stereocenters. The third-order valence-electron chi connectivity index (χ3n) is 4.72. The third kappa shape index (κ3) is 3.14. The van der Waals surface area contributed by atoms with Crippen molar-refractivity contribution >= 4 is 40.5 Å². The van der Waals surface area contributed by atoms with Gasteiger partial charge in [0.05, 0.1) is 6.04 Å². The molecule has 1 aliphatic heterocycles. The highest BCUT2D eigenvalue weighted by atomic mass is 35.5. The van der Waals surface area contributed by atoms with Crippen LogP contribution in [-0.4, -0.2) is 55.2 Å². The van der Waals surface area contributed by atoms with E-state index in [4.69, 9.17) is 16.0 Å². The lowest BCUT2D eigenvalue weighted by Gasteiger charge is -2.25. The molecule has 0 N–H and O–H groups in total. The molecule has 0 bridgehead atoms. The highest BCUT2D eigenvalue weighted by molar-refractivity contribution is 6.31. The molecule has 8 heteroatoms. The molecular formula is C18H21ClN6O. The molecule has 7 nitrogen and oxygen atoms in total. The van der Waals surface area contributed by atoms with E-state index in [0.29, 0.717) is 17.1 Å². The quantitative estimate of drug-likeness (QED) is 0.697. The van der Waals surface area contributed by atoms with E-state index in [1.807, 2.05) is 50.3 Å². The van der Waals surface area contributed by atoms with E-state index in [0.717, 1.165) is 42.4 Å². The van der Waals surface area contributed by atoms with Gasteiger partial charge in [0.2, 0.25) is 5.95 Å². The summed E-state index contributed by atoms with van der Waals surface area (Å²) in [6.45, 7) is 1.69. The standard InChI is InChI=1S/C18H21ClN6O/c1-23(2)16-6-8-20-17(22-16)24(3)13-7-9-25(11-13)18-21-14-10-12(19)4-5-15(14)26-18/h4-6,8,10,13H,7,9,11H2,1-3H3. The number of oxazole rings is 1. The van der Waals surface area contributed by atoms with Gasteiger partial charge in [0.15, 0.2) is 5.58 Å². The predicted octanol–water partition coefficient (Wildman–Crippen LogP) is 3.05. The fraction of sp³-hybridized carbons (Fsp3) is 0.389. The van der Waals surface area contributed by atoms with Crippen molar-refractivity contribution in [2.45, 2.75) is 12.5 Å². The number of fused-ring (bicyclic) bond motifs is 1. The van der Waals surface area contributed by atoms with Crippen molar-refractivity contribution in [3.8, 4) is 0 Å². The first-order chi connectivity index (χ1) is 12.5. The van der Waals surface area contributed by atoms with E-state index in [-0.39, 0.29) is 0 Å². The van der Waals surface area contributed by atoms with Gasteiger partial charge in [-0.3, -0.25) is 0 Å². The minimum Gasteiger partial charge on any atom is -0.423 e. The van der Waals surface area contributed by atoms with Crippen molar-refractivity contribution in [3.63, 3.8) is 0 Å². The van der Waals surface area contributed by atoms with Crippen LogP contribution in [0.3, 0.4) is 0 Å². The van der Waals surface area contributed by atoms with Crippen LogP contribution in [0.25, 0.3) is 11.1 Å². The molecule has 0 aliphatic carbocycles. The highest BCUT2D eigenvalue weighted by Gasteiger charge is 2.30. The lowest BCUT2D eigenvalue weighted by molar-refractivity contribution is 0.581. The number of likely N-dealkylation sites (N-methyl/N-ethyl adjacent to an activating group) is 1. The van der Waals surface area contributed by atoms with E-state index in [2.05, 4.69) is 24.8 Å². The summed E-state index contributed by atoms with van der Waals surface area (Å²) in [4.78, 5) is 19.9. The lowest BCUT2D eigenvalue weighted by atomic mass is 10.2. The molecule has 1 fully saturated rings. The van der Waals surface area contributed by atoms with Crippen molar-refractivity contribution in [2.24, 2.45) is 0 Å². The zero-order chi connectivity index (χ0) is 18.3. The number of hydrogen-bond acceptors (Lipinski definition) is 7. The van der Waals surface area contributed by atoms with Crippen molar-refractivity contribution in [2.75, 3.05) is 48.9 Å². The summed E-state index contributed by atoms with van der Waals surface area (Å²) < 4.78 is 5.89. The minimum atomic E-state index is 0.297. The van der Waals surface area contributed by atoms with E-state index >= 15 is 0 Å². The predicted molar refractivity (Wildman–Crippen MR) is 104 cm³/mol. The SMILES string of the molecule is CN(C)c1ccnc(N(C)C2CCN(c3nc4cc(Cl)ccc4o3)C2)n1. The molecule has 1 aliphatic rings. The van der Waals surface area contributed by atoms with Gasteiger partial charge < -0.3 is 19.1 Å². The Hall–Kier alpha value is -2.54. The fourth-order valence-electron chi connectivity index (χ4n) is 3.18. The Bertz CT molecular complexity index is 927. The third-order valence-corrected chi connectivity index (χ3v) is 4.96. The summed E-state index contributed by atoms with van der Waals surface area (Å²) in [6.07, 6.45) is 2.79. The molecule has 1 aromatic carbocycles. The zero-order valence-electron chi connectivity index (χ0n) is 15.1. The molecule has 136 valence electrons. The van der Waals surface area contributed by atoms with Crippen LogP contribution in [-0.2, 0) is 0 Å². The molecule has 2 aromatic heterocycles. The Kier molecular flexibility index (Phi) is 4.32. The summed E-state index contributed by atoms with van der Waals surface area (Å²) in [5, 5.41) is 0.661. The normalized spacial score (nSPS) is 17.1. The van der Waals surface area contributed by atoms with Crippen molar-refractivity contribution in [3.05, 3.63) is 35.5 Å². The molecule has 0 radical (unpaired) electrons. The average molecular weight is 373 g/mol. The van der Waals surface area contributed by atoms with Crippen LogP contribution in [0.2, 0.25) is 5.02 Å². The van der Waals surface area contributed by atoms with Gasteiger partial charge in [0.25, 0.3) is 6.01 Å². The molecular weight excluding hydrogens is 352 g/mol. The van der Waals surface area contributed by atoms with Crippen molar-refractivity contribution in [1.82, 2.24) is 15.0 Å². The molecule has 3 aromatic rings. The Morgan fingerprint density at radius 3 is 2.85 bits per heavy atom. The number of aromatic nitrogens is 3. The minimum absolute atomic E-state index is 0.297. The summed E-state index contributed by atoms with van der Waals surface area (Å²) >= 11 is 6.04. The maximum atomic E-state index is 6.04. The summed E-state index contributed by atoms with van der Waals surface area (Å²) in [6, 6.07) is 8.33. The van der Waals surface area contributed by atoms with Crippen molar-refractivity contribution < 1.29 is 4.42 Å². The average Bonchev–Trinajstić information content (AvgIpc) is 3.27. The first-order valence-electron chi connectivity index (χ1n) is 8.55. The van der Waals surface area contributed by atoms with E-state index < -0.39 is 0 Å². The number of hydrogen-bond donors (Lipinski definition) is 0. The summed E-state index contributed by atoms with van der Waals surface area (Å²) in [5.41, 5.74) is 1.54. The van der Waals surface area contributed by atoms with Gasteiger partial charge in [-0.15, -0.1) is 0 Å². The molecule has 3 heterocycles. The van der Waals surface area contributed by atoms with Crippen LogP contribution in [0.5, 0.6) is 0 Å². The summed E-state index contributed by atoms with van der Waals surface area (Å²) in [7, 11) is 5.99. The Labute approximate surface area is 157 Å². The van der Waals surface area contributed by atoms with Crippen LogP contribution in [0.4, 0.5) is 17.8 Å². The smallest absolute Gasteiger partial charge is 0.298 e. The molecule has 1 unspecified atom stereocenters. The summed E-state index contributed by atoms with van der Waals surface area (Å²) in [5.74, 6) is 1.62. The number of halogens is 1. The molecule has 0 spiro atoms. The van der Waals surface area contributed by atoms with Crippen LogP contribution in [0.15, 0.2) is 34.9 Å². The molecule has 1 saturated heterocycles. The van der Waals surface area contributed by atoms with E-state index in [1.165, 1.54) is 0 Å². The number of benzene rings is 1. The van der Waals surface area contributed by atoms with Crippen LogP contribution >= 0.6 is 11.6 Å². The fourth-order valence-corrected chi connectivity index (χ4v) is 3.34. The number of anilines is 3. The second kappa shape index (κ2) is 6.64. The first-order valence-corrected chi connectivity index (χ1v) is 8.93. The van der Waals surface area contributed by atoms with Crippen LogP contribution in [0, 0.1) is 0 Å². The van der Waals surface area contributed by atoms with Gasteiger partial charge in [-0.05, 0) is 30.7 Å². The largest absolute Gasteiger partial charge is 0.423 e. The molecule has 0 amide bonds. The van der Waals surface area contributed by atoms with Crippen LogP contribution in [0.1, 0.15) is 6.42 Å². The lowest BCUT2D eigenvalue weighted by Crippen LogP contribution is -2.36. The van der Waals surface area contributed by atoms with E-state index in [9.17, 15) is 0 Å². The van der Waals surface area contributed by atoms with Crippen LogP contribution < -0.4 is 14.7 Å². The highest BCUT2D eigenvalue weighted by Crippen LogP contribution is 2.28. The van der Waals surface area contributed by atoms with Gasteiger partial charge in [-0.1, -0.05) is 11.6 Å². The van der Waals surface area contributed by atoms with E-state index in [1.54, 1.807) is 6.20 Å². The van der Waals surface area contributed by atoms with Gasteiger partial charge >= 0.3 is 0 Å². The Morgan fingerprint density at radius 2 is 2.04 bits per heavy atom. The van der Waals surface area contributed by atoms with Gasteiger partial charge in [-0.25, -0.2) is 4.98 Å². The van der Waals surface area contributed by atoms with Gasteiger partial charge in [0, 0.05) is 45.5 Å². The molecule has 4 rings (SSSR count). The Morgan fingerprint density at radius 1 is 1.19 bits per heavy atom. The van der Waals surface area contributed by atoms with Crippen molar-refractivity contribution in [1.29, 1.82) is 0 Å². The molecule has 26 heavy (non-hydrogen) atoms. The number of nitrogens with zero attached hydrogens (tertiary/aromatic N) is 6. The monoisotopic (exact) mass is 372 g/mol. The second-order valence-electron chi connectivity index (χ2n) is 6.72. The first kappa shape index (κ1) is 16.9. The maximum Gasteiger partial charge on any atom is 0.298 e. The maximum absolute atomic E-state index is 6.04. The van der Waals surface area contributed by atoms with Gasteiger partial charge in [-0.2, -0.15) is 9.97 Å². The zero-order valence-corrected chi connectivity index (χ0v) is 15.8.